The van der Waals surface area contributed by atoms with Crippen molar-refractivity contribution in [3.05, 3.63) is 89.7 Å². The zero-order chi connectivity index (χ0) is 24.9. The summed E-state index contributed by atoms with van der Waals surface area (Å²) in [5.41, 5.74) is 2.29. The predicted molar refractivity (Wildman–Crippen MR) is 125 cm³/mol. The van der Waals surface area contributed by atoms with Crippen molar-refractivity contribution in [1.29, 1.82) is 0 Å². The van der Waals surface area contributed by atoms with Gasteiger partial charge in [0.2, 0.25) is 0 Å². The first kappa shape index (κ1) is 24.0. The molecule has 10 heteroatoms. The minimum atomic E-state index is -1.22. The summed E-state index contributed by atoms with van der Waals surface area (Å²) in [7, 11) is 1.65. The van der Waals surface area contributed by atoms with E-state index in [0.29, 0.717) is 33.9 Å². The molecular formula is C25H23FN4O5. The number of allylic oxidation sites excluding steroid dienone is 2. The maximum absolute atomic E-state index is 13.7. The van der Waals surface area contributed by atoms with E-state index in [1.807, 2.05) is 30.3 Å². The lowest BCUT2D eigenvalue weighted by molar-refractivity contribution is -0.139. The largest absolute Gasteiger partial charge is 0.481 e. The van der Waals surface area contributed by atoms with E-state index in [1.165, 1.54) is 22.9 Å². The molecule has 2 aromatic heterocycles. The number of hydrogen-bond acceptors (Lipinski definition) is 7. The molecule has 2 heterocycles. The zero-order valence-electron chi connectivity index (χ0n) is 18.7. The number of aromatic nitrogens is 4. The summed E-state index contributed by atoms with van der Waals surface area (Å²) in [4.78, 5) is 10.8. The Kier molecular flexibility index (Phi) is 7.14. The second-order valence-electron chi connectivity index (χ2n) is 7.98. The van der Waals surface area contributed by atoms with Crippen LogP contribution in [0.15, 0.2) is 71.2 Å². The molecule has 0 fully saturated rings. The number of carboxylic acid groups (broad SMARTS) is 1. The number of rotatable bonds is 9. The number of fused-ring (bicyclic) bond motifs is 1. The van der Waals surface area contributed by atoms with Crippen LogP contribution in [0.1, 0.15) is 30.0 Å². The number of carbonyl (C=O) groups is 1. The zero-order valence-corrected chi connectivity index (χ0v) is 18.7. The van der Waals surface area contributed by atoms with Gasteiger partial charge in [-0.3, -0.25) is 4.79 Å². The highest BCUT2D eigenvalue weighted by atomic mass is 19.1. The van der Waals surface area contributed by atoms with E-state index < -0.39 is 30.4 Å². The molecule has 9 nitrogen and oxygen atoms in total. The molecule has 0 aliphatic rings. The smallest absolute Gasteiger partial charge is 0.305 e. The van der Waals surface area contributed by atoms with Crippen molar-refractivity contribution in [2.24, 2.45) is 7.05 Å². The molecule has 0 bridgehead atoms. The van der Waals surface area contributed by atoms with Crippen LogP contribution in [-0.2, 0) is 11.8 Å². The van der Waals surface area contributed by atoms with Gasteiger partial charge in [-0.15, -0.1) is 5.10 Å². The molecule has 0 amide bonds. The number of tetrazole rings is 1. The summed E-state index contributed by atoms with van der Waals surface area (Å²) in [5, 5.41) is 41.7. The number of carboxylic acids is 1. The van der Waals surface area contributed by atoms with E-state index in [9.17, 15) is 19.4 Å². The second kappa shape index (κ2) is 10.4. The number of benzene rings is 2. The number of aryl methyl sites for hydroxylation is 1. The fraction of sp³-hybridized carbons (Fsp3) is 0.200. The highest BCUT2D eigenvalue weighted by molar-refractivity contribution is 6.01. The van der Waals surface area contributed by atoms with Crippen molar-refractivity contribution in [3.8, 4) is 0 Å². The van der Waals surface area contributed by atoms with Crippen LogP contribution in [0, 0.1) is 5.82 Å². The summed E-state index contributed by atoms with van der Waals surface area (Å²) in [5.74, 6) is -0.749. The Labute approximate surface area is 199 Å². The average Bonchev–Trinajstić information content (AvgIpc) is 3.42. The lowest BCUT2D eigenvalue weighted by Gasteiger charge is -2.13. The van der Waals surface area contributed by atoms with Gasteiger partial charge in [0.15, 0.2) is 5.82 Å². The first-order chi connectivity index (χ1) is 16.8. The Morgan fingerprint density at radius 3 is 2.57 bits per heavy atom. The van der Waals surface area contributed by atoms with Crippen molar-refractivity contribution in [2.75, 3.05) is 0 Å². The van der Waals surface area contributed by atoms with Gasteiger partial charge < -0.3 is 19.7 Å². The van der Waals surface area contributed by atoms with Gasteiger partial charge in [-0.1, -0.05) is 42.5 Å². The number of para-hydroxylation sites is 1. The van der Waals surface area contributed by atoms with Crippen LogP contribution in [-0.4, -0.2) is 53.7 Å². The molecule has 35 heavy (non-hydrogen) atoms. The second-order valence-corrected chi connectivity index (χ2v) is 7.98. The van der Waals surface area contributed by atoms with E-state index in [0.717, 1.165) is 5.39 Å². The van der Waals surface area contributed by atoms with Gasteiger partial charge in [-0.25, -0.2) is 9.07 Å². The van der Waals surface area contributed by atoms with E-state index in [1.54, 1.807) is 25.3 Å². The topological polar surface area (TPSA) is 134 Å². The number of hydrogen-bond donors (Lipinski definition) is 3. The first-order valence-corrected chi connectivity index (χ1v) is 10.8. The summed E-state index contributed by atoms with van der Waals surface area (Å²) in [6.07, 6.45) is -0.0324. The van der Waals surface area contributed by atoms with Gasteiger partial charge in [0.1, 0.15) is 17.2 Å². The average molecular weight is 478 g/mol. The van der Waals surface area contributed by atoms with Gasteiger partial charge in [-0.05, 0) is 40.3 Å². The van der Waals surface area contributed by atoms with Crippen LogP contribution >= 0.6 is 0 Å². The Morgan fingerprint density at radius 1 is 1.17 bits per heavy atom. The maximum atomic E-state index is 13.7. The van der Waals surface area contributed by atoms with Gasteiger partial charge in [0, 0.05) is 30.0 Å². The maximum Gasteiger partial charge on any atom is 0.305 e. The van der Waals surface area contributed by atoms with Crippen LogP contribution in [0.2, 0.25) is 0 Å². The van der Waals surface area contributed by atoms with Gasteiger partial charge in [0.05, 0.1) is 18.6 Å². The molecule has 4 aromatic rings. The standard InChI is InChI=1S/C25H23FN4O5/c1-30-25(27-28-29-30)20(11-10-18(31)13-19(32)14-23(33)34)24(15-6-8-17(26)9-7-15)22-12-16-4-2-3-5-21(16)35-22/h2-12,18-19,31-32H,13-14H2,1H3,(H,33,34)/b11-10+,24-20-/t18-,19-/m1/s1. The third kappa shape index (κ3) is 5.68. The summed E-state index contributed by atoms with van der Waals surface area (Å²) < 4.78 is 21.3. The Hall–Kier alpha value is -4.15. The minimum absolute atomic E-state index is 0.177. The van der Waals surface area contributed by atoms with Crippen LogP contribution in [0.4, 0.5) is 4.39 Å². The van der Waals surface area contributed by atoms with Gasteiger partial charge in [0.25, 0.3) is 0 Å². The fourth-order valence-electron chi connectivity index (χ4n) is 3.73. The van der Waals surface area contributed by atoms with Crippen molar-refractivity contribution in [3.63, 3.8) is 0 Å². The third-order valence-electron chi connectivity index (χ3n) is 5.34. The summed E-state index contributed by atoms with van der Waals surface area (Å²) >= 11 is 0. The number of nitrogens with zero attached hydrogens (tertiary/aromatic N) is 4. The molecule has 2 atom stereocenters. The van der Waals surface area contributed by atoms with Crippen molar-refractivity contribution >= 4 is 28.1 Å². The highest BCUT2D eigenvalue weighted by Gasteiger charge is 2.21. The number of aliphatic carboxylic acids is 1. The third-order valence-corrected chi connectivity index (χ3v) is 5.34. The highest BCUT2D eigenvalue weighted by Crippen LogP contribution is 2.35. The quantitative estimate of drug-likeness (QED) is 0.312. The lowest BCUT2D eigenvalue weighted by Crippen LogP contribution is -2.19. The lowest BCUT2D eigenvalue weighted by atomic mass is 9.95. The molecule has 3 N–H and O–H groups in total. The van der Waals surface area contributed by atoms with Crippen LogP contribution in [0.25, 0.3) is 22.1 Å². The predicted octanol–water partition coefficient (Wildman–Crippen LogP) is 3.20. The molecule has 4 rings (SSSR count). The monoisotopic (exact) mass is 478 g/mol. The molecular weight excluding hydrogens is 455 g/mol. The summed E-state index contributed by atoms with van der Waals surface area (Å²) in [6.45, 7) is 0. The molecule has 0 saturated carbocycles. The van der Waals surface area contributed by atoms with Gasteiger partial charge >= 0.3 is 5.97 Å². The van der Waals surface area contributed by atoms with E-state index in [-0.39, 0.29) is 6.42 Å². The molecule has 0 aliphatic heterocycles. The molecule has 0 spiro atoms. The fourth-order valence-corrected chi connectivity index (χ4v) is 3.73. The number of aliphatic hydroxyl groups excluding tert-OH is 2. The number of aliphatic hydroxyl groups is 2. The van der Waals surface area contributed by atoms with Crippen molar-refractivity contribution in [2.45, 2.75) is 25.0 Å². The molecule has 0 saturated heterocycles. The number of furan rings is 1. The molecule has 180 valence electrons. The van der Waals surface area contributed by atoms with Crippen LogP contribution in [0.5, 0.6) is 0 Å². The minimum Gasteiger partial charge on any atom is -0.481 e. The molecule has 0 aliphatic carbocycles. The Morgan fingerprint density at radius 2 is 1.91 bits per heavy atom. The van der Waals surface area contributed by atoms with Crippen molar-refractivity contribution in [1.82, 2.24) is 20.2 Å². The van der Waals surface area contributed by atoms with E-state index >= 15 is 0 Å². The number of halogens is 1. The molecule has 0 unspecified atom stereocenters. The Balaban J connectivity index is 1.87. The summed E-state index contributed by atoms with van der Waals surface area (Å²) in [6, 6.07) is 15.2. The SMILES string of the molecule is Cn1nnnc1C(/C=C/[C@@H](O)C[C@@H](O)CC(=O)O)=C(/c1ccc(F)cc1)c1cc2ccccc2o1. The Bertz CT molecular complexity index is 1360. The normalized spacial score (nSPS) is 14.3. The molecule has 0 radical (unpaired) electrons. The molecule has 2 aromatic carbocycles. The van der Waals surface area contributed by atoms with E-state index in [2.05, 4.69) is 15.5 Å². The first-order valence-electron chi connectivity index (χ1n) is 10.8. The van der Waals surface area contributed by atoms with Gasteiger partial charge in [-0.2, -0.15) is 0 Å². The van der Waals surface area contributed by atoms with E-state index in [4.69, 9.17) is 9.52 Å². The van der Waals surface area contributed by atoms with Crippen molar-refractivity contribution < 1.29 is 28.9 Å². The van der Waals surface area contributed by atoms with Crippen LogP contribution < -0.4 is 0 Å². The van der Waals surface area contributed by atoms with Crippen LogP contribution in [0.3, 0.4) is 0 Å².